The summed E-state index contributed by atoms with van der Waals surface area (Å²) in [4.78, 5) is 4.41. The third kappa shape index (κ3) is 2.83. The molecule has 0 aliphatic heterocycles. The maximum atomic E-state index is 8.98. The first kappa shape index (κ1) is 12.5. The van der Waals surface area contributed by atoms with E-state index in [1.54, 1.807) is 6.20 Å². The van der Waals surface area contributed by atoms with Crippen molar-refractivity contribution in [3.05, 3.63) is 40.5 Å². The van der Waals surface area contributed by atoms with Gasteiger partial charge in [-0.3, -0.25) is 4.98 Å². The van der Waals surface area contributed by atoms with Gasteiger partial charge < -0.3 is 10.4 Å². The van der Waals surface area contributed by atoms with Gasteiger partial charge in [-0.15, -0.1) is 0 Å². The Morgan fingerprint density at radius 2 is 2.24 bits per heavy atom. The first-order valence-electron chi connectivity index (χ1n) is 5.58. The van der Waals surface area contributed by atoms with Gasteiger partial charge in [-0.25, -0.2) is 0 Å². The number of rotatable bonds is 4. The summed E-state index contributed by atoms with van der Waals surface area (Å²) >= 11 is 3.52. The van der Waals surface area contributed by atoms with Crippen molar-refractivity contribution < 1.29 is 5.11 Å². The molecule has 0 bridgehead atoms. The number of halogens is 1. The Morgan fingerprint density at radius 1 is 1.41 bits per heavy atom. The summed E-state index contributed by atoms with van der Waals surface area (Å²) < 4.78 is 1.06. The Hall–Kier alpha value is -0.970. The van der Waals surface area contributed by atoms with Gasteiger partial charge in [0.05, 0.1) is 12.1 Å². The van der Waals surface area contributed by atoms with Gasteiger partial charge in [0.2, 0.25) is 0 Å². The number of hydrogen-bond acceptors (Lipinski definition) is 3. The molecule has 1 aromatic heterocycles. The Labute approximate surface area is 109 Å². The third-order valence-electron chi connectivity index (χ3n) is 2.71. The normalized spacial score (nSPS) is 12.9. The lowest BCUT2D eigenvalue weighted by Crippen LogP contribution is -2.28. The van der Waals surface area contributed by atoms with Crippen molar-refractivity contribution in [2.45, 2.75) is 19.5 Å². The Morgan fingerprint density at radius 3 is 3.00 bits per heavy atom. The van der Waals surface area contributed by atoms with E-state index in [4.69, 9.17) is 5.11 Å². The molecule has 0 saturated carbocycles. The average Bonchev–Trinajstić information content (AvgIpc) is 2.38. The smallest absolute Gasteiger partial charge is 0.0758 e. The summed E-state index contributed by atoms with van der Waals surface area (Å²) in [5, 5.41) is 13.4. The summed E-state index contributed by atoms with van der Waals surface area (Å²) in [6.07, 6.45) is 1.80. The van der Waals surface area contributed by atoms with Crippen LogP contribution in [0.25, 0.3) is 10.9 Å². The summed E-state index contributed by atoms with van der Waals surface area (Å²) in [7, 11) is 0. The quantitative estimate of drug-likeness (QED) is 0.911. The molecular formula is C13H15BrN2O. The molecule has 4 heteroatoms. The molecular weight excluding hydrogens is 280 g/mol. The maximum absolute atomic E-state index is 8.98. The van der Waals surface area contributed by atoms with Crippen LogP contribution >= 0.6 is 15.9 Å². The second-order valence-electron chi connectivity index (χ2n) is 4.07. The number of fused-ring (bicyclic) bond motifs is 1. The molecule has 0 spiro atoms. The summed E-state index contributed by atoms with van der Waals surface area (Å²) in [6, 6.07) is 8.16. The van der Waals surface area contributed by atoms with Crippen LogP contribution in [-0.4, -0.2) is 22.7 Å². The number of nitrogens with one attached hydrogen (secondary N) is 1. The van der Waals surface area contributed by atoms with Gasteiger partial charge in [0.15, 0.2) is 0 Å². The topological polar surface area (TPSA) is 45.1 Å². The highest BCUT2D eigenvalue weighted by Gasteiger charge is 2.06. The minimum Gasteiger partial charge on any atom is -0.395 e. The highest BCUT2D eigenvalue weighted by molar-refractivity contribution is 9.10. The lowest BCUT2D eigenvalue weighted by Gasteiger charge is -2.12. The van der Waals surface area contributed by atoms with E-state index in [1.807, 2.05) is 25.1 Å². The second-order valence-corrected chi connectivity index (χ2v) is 4.92. The molecule has 2 aromatic rings. The average molecular weight is 295 g/mol. The van der Waals surface area contributed by atoms with E-state index < -0.39 is 0 Å². The zero-order chi connectivity index (χ0) is 12.3. The molecule has 2 rings (SSSR count). The Balaban J connectivity index is 2.32. The first-order valence-corrected chi connectivity index (χ1v) is 6.38. The van der Waals surface area contributed by atoms with E-state index in [1.165, 1.54) is 0 Å². The van der Waals surface area contributed by atoms with Gasteiger partial charge in [0.1, 0.15) is 0 Å². The van der Waals surface area contributed by atoms with Crippen molar-refractivity contribution in [2.24, 2.45) is 0 Å². The highest BCUT2D eigenvalue weighted by atomic mass is 79.9. The maximum Gasteiger partial charge on any atom is 0.0758 e. The van der Waals surface area contributed by atoms with Crippen molar-refractivity contribution in [3.8, 4) is 0 Å². The van der Waals surface area contributed by atoms with Crippen molar-refractivity contribution in [1.29, 1.82) is 0 Å². The Bertz CT molecular complexity index is 516. The van der Waals surface area contributed by atoms with Crippen LogP contribution in [0.15, 0.2) is 34.9 Å². The monoisotopic (exact) mass is 294 g/mol. The predicted molar refractivity (Wildman–Crippen MR) is 72.8 cm³/mol. The number of aromatic nitrogens is 1. The standard InChI is InChI=1S/C13H15BrN2O/c1-9(8-17)16-7-10-4-5-12(14)11-3-2-6-15-13(10)11/h2-6,9,16-17H,7-8H2,1H3. The second kappa shape index (κ2) is 5.58. The van der Waals surface area contributed by atoms with Crippen LogP contribution < -0.4 is 5.32 Å². The lowest BCUT2D eigenvalue weighted by molar-refractivity contribution is 0.251. The highest BCUT2D eigenvalue weighted by Crippen LogP contribution is 2.25. The molecule has 0 aliphatic carbocycles. The fourth-order valence-corrected chi connectivity index (χ4v) is 2.14. The summed E-state index contributed by atoms with van der Waals surface area (Å²) in [6.45, 7) is 2.80. The molecule has 1 unspecified atom stereocenters. The van der Waals surface area contributed by atoms with Crippen molar-refractivity contribution in [2.75, 3.05) is 6.61 Å². The zero-order valence-corrected chi connectivity index (χ0v) is 11.2. The van der Waals surface area contributed by atoms with E-state index >= 15 is 0 Å². The fraction of sp³-hybridized carbons (Fsp3) is 0.308. The van der Waals surface area contributed by atoms with Gasteiger partial charge in [0, 0.05) is 28.6 Å². The van der Waals surface area contributed by atoms with E-state index in [0.29, 0.717) is 6.54 Å². The van der Waals surface area contributed by atoms with Crippen molar-refractivity contribution >= 4 is 26.8 Å². The molecule has 0 radical (unpaired) electrons. The Kier molecular flexibility index (Phi) is 4.10. The zero-order valence-electron chi connectivity index (χ0n) is 9.65. The van der Waals surface area contributed by atoms with E-state index in [2.05, 4.69) is 32.3 Å². The van der Waals surface area contributed by atoms with Crippen LogP contribution in [0.4, 0.5) is 0 Å². The SMILES string of the molecule is CC(CO)NCc1ccc(Br)c2cccnc12. The van der Waals surface area contributed by atoms with Crippen molar-refractivity contribution in [1.82, 2.24) is 10.3 Å². The summed E-state index contributed by atoms with van der Waals surface area (Å²) in [5.74, 6) is 0. The van der Waals surface area contributed by atoms with Crippen LogP contribution in [0.3, 0.4) is 0 Å². The first-order chi connectivity index (χ1) is 8.22. The van der Waals surface area contributed by atoms with E-state index in [-0.39, 0.29) is 12.6 Å². The lowest BCUT2D eigenvalue weighted by atomic mass is 10.1. The molecule has 90 valence electrons. The van der Waals surface area contributed by atoms with Crippen LogP contribution in [0.2, 0.25) is 0 Å². The van der Waals surface area contributed by atoms with E-state index in [9.17, 15) is 0 Å². The van der Waals surface area contributed by atoms with Gasteiger partial charge in [-0.2, -0.15) is 0 Å². The van der Waals surface area contributed by atoms with Gasteiger partial charge in [-0.05, 0) is 24.6 Å². The molecule has 0 saturated heterocycles. The van der Waals surface area contributed by atoms with Crippen molar-refractivity contribution in [3.63, 3.8) is 0 Å². The molecule has 0 fully saturated rings. The molecule has 1 aromatic carbocycles. The molecule has 17 heavy (non-hydrogen) atoms. The third-order valence-corrected chi connectivity index (χ3v) is 3.41. The van der Waals surface area contributed by atoms with Crippen LogP contribution in [-0.2, 0) is 6.54 Å². The predicted octanol–water partition coefficient (Wildman–Crippen LogP) is 2.47. The van der Waals surface area contributed by atoms with E-state index in [0.717, 1.165) is 20.9 Å². The van der Waals surface area contributed by atoms with Crippen LogP contribution in [0.5, 0.6) is 0 Å². The van der Waals surface area contributed by atoms with Crippen LogP contribution in [0.1, 0.15) is 12.5 Å². The van der Waals surface area contributed by atoms with Gasteiger partial charge >= 0.3 is 0 Å². The molecule has 1 atom stereocenters. The van der Waals surface area contributed by atoms with Gasteiger partial charge in [0.25, 0.3) is 0 Å². The van der Waals surface area contributed by atoms with Gasteiger partial charge in [-0.1, -0.05) is 28.1 Å². The largest absolute Gasteiger partial charge is 0.395 e. The minimum atomic E-state index is 0.0948. The molecule has 0 aliphatic rings. The molecule has 1 heterocycles. The number of pyridine rings is 1. The molecule has 0 amide bonds. The minimum absolute atomic E-state index is 0.0948. The number of nitrogens with zero attached hydrogens (tertiary/aromatic N) is 1. The molecule has 2 N–H and O–H groups in total. The number of hydrogen-bond donors (Lipinski definition) is 2. The number of aliphatic hydroxyl groups excluding tert-OH is 1. The molecule has 3 nitrogen and oxygen atoms in total. The number of benzene rings is 1. The van der Waals surface area contributed by atoms with Crippen LogP contribution in [0, 0.1) is 0 Å². The number of aliphatic hydroxyl groups is 1. The fourth-order valence-electron chi connectivity index (χ4n) is 1.69. The summed E-state index contributed by atoms with van der Waals surface area (Å²) in [5.41, 5.74) is 2.14.